The van der Waals surface area contributed by atoms with Gasteiger partial charge in [0.05, 0.1) is 25.3 Å². The van der Waals surface area contributed by atoms with Crippen LogP contribution in [0.15, 0.2) is 54.7 Å². The van der Waals surface area contributed by atoms with Gasteiger partial charge in [0.15, 0.2) is 0 Å². The van der Waals surface area contributed by atoms with Gasteiger partial charge in [0.25, 0.3) is 5.91 Å². The molecule has 1 saturated heterocycles. The lowest BCUT2D eigenvalue weighted by Crippen LogP contribution is -2.43. The molecule has 1 atom stereocenters. The van der Waals surface area contributed by atoms with E-state index in [4.69, 9.17) is 4.74 Å². The van der Waals surface area contributed by atoms with Crippen molar-refractivity contribution in [2.45, 2.75) is 19.4 Å². The Balaban J connectivity index is 1.50. The molecule has 2 aromatic heterocycles. The molecule has 0 unspecified atom stereocenters. The summed E-state index contributed by atoms with van der Waals surface area (Å²) >= 11 is 0. The number of hydrogen-bond donors (Lipinski definition) is 1. The third kappa shape index (κ3) is 5.40. The number of carbonyl (C=O) groups is 2. The van der Waals surface area contributed by atoms with Crippen molar-refractivity contribution in [3.8, 4) is 11.1 Å². The van der Waals surface area contributed by atoms with E-state index >= 15 is 0 Å². The summed E-state index contributed by atoms with van der Waals surface area (Å²) in [5, 5.41) is 2.56. The minimum absolute atomic E-state index is 0.0308. The quantitative estimate of drug-likeness (QED) is 0.649. The van der Waals surface area contributed by atoms with E-state index in [9.17, 15) is 14.0 Å². The molecule has 1 fully saturated rings. The zero-order chi connectivity index (χ0) is 23.4. The number of pyridine rings is 2. The lowest BCUT2D eigenvalue weighted by Gasteiger charge is -2.33. The molecule has 33 heavy (non-hydrogen) atoms. The molecule has 0 aliphatic carbocycles. The first kappa shape index (κ1) is 22.5. The highest BCUT2D eigenvalue weighted by atomic mass is 19.1. The third-order valence-corrected chi connectivity index (χ3v) is 5.55. The van der Waals surface area contributed by atoms with E-state index in [2.05, 4.69) is 15.3 Å². The first-order valence-corrected chi connectivity index (χ1v) is 10.7. The molecular weight excluding hydrogens is 423 g/mol. The van der Waals surface area contributed by atoms with Gasteiger partial charge < -0.3 is 15.0 Å². The summed E-state index contributed by atoms with van der Waals surface area (Å²) in [5.41, 5.74) is 4.43. The van der Waals surface area contributed by atoms with Gasteiger partial charge in [-0.2, -0.15) is 0 Å². The maximum atomic E-state index is 13.1. The van der Waals surface area contributed by atoms with Crippen molar-refractivity contribution in [3.05, 3.63) is 83.2 Å². The molecule has 4 rings (SSSR count). The molecule has 1 N–H and O–H groups in total. The van der Waals surface area contributed by atoms with Gasteiger partial charge in [-0.25, -0.2) is 4.39 Å². The Kier molecular flexibility index (Phi) is 6.74. The summed E-state index contributed by atoms with van der Waals surface area (Å²) in [5.74, 6) is -0.594. The number of halogens is 1. The van der Waals surface area contributed by atoms with Gasteiger partial charge >= 0.3 is 0 Å². The van der Waals surface area contributed by atoms with Crippen LogP contribution in [-0.2, 0) is 16.0 Å². The fraction of sp³-hybridized carbons (Fsp3) is 0.280. The maximum Gasteiger partial charge on any atom is 0.269 e. The summed E-state index contributed by atoms with van der Waals surface area (Å²) in [6.45, 7) is 3.20. The molecule has 3 aromatic rings. The molecule has 1 aromatic carbocycles. The zero-order valence-electron chi connectivity index (χ0n) is 18.5. The highest BCUT2D eigenvalue weighted by Gasteiger charge is 2.27. The van der Waals surface area contributed by atoms with E-state index in [1.54, 1.807) is 36.3 Å². The number of nitrogens with one attached hydrogen (secondary N) is 1. The van der Waals surface area contributed by atoms with Crippen molar-refractivity contribution in [3.63, 3.8) is 0 Å². The summed E-state index contributed by atoms with van der Waals surface area (Å²) in [6, 6.07) is 13.4. The van der Waals surface area contributed by atoms with Crippen molar-refractivity contribution < 1.29 is 18.7 Å². The second kappa shape index (κ2) is 9.87. The molecule has 0 spiro atoms. The summed E-state index contributed by atoms with van der Waals surface area (Å²) < 4.78 is 19.1. The highest BCUT2D eigenvalue weighted by Crippen LogP contribution is 2.27. The molecule has 1 aliphatic rings. The minimum Gasteiger partial charge on any atom is -0.368 e. The van der Waals surface area contributed by atoms with Crippen LogP contribution in [0.4, 0.5) is 4.39 Å². The van der Waals surface area contributed by atoms with Gasteiger partial charge in [0.2, 0.25) is 5.91 Å². The first-order chi connectivity index (χ1) is 15.9. The largest absolute Gasteiger partial charge is 0.368 e. The average Bonchev–Trinajstić information content (AvgIpc) is 2.84. The Morgan fingerprint density at radius 3 is 2.64 bits per heavy atom. The minimum atomic E-state index is -0.354. The molecule has 7 nitrogen and oxygen atoms in total. The second-order valence-electron chi connectivity index (χ2n) is 7.94. The summed E-state index contributed by atoms with van der Waals surface area (Å²) in [4.78, 5) is 35.2. The van der Waals surface area contributed by atoms with E-state index in [-0.39, 0.29) is 30.2 Å². The van der Waals surface area contributed by atoms with Gasteiger partial charge in [-0.15, -0.1) is 0 Å². The van der Waals surface area contributed by atoms with Crippen LogP contribution >= 0.6 is 0 Å². The fourth-order valence-electron chi connectivity index (χ4n) is 3.80. The number of benzene rings is 1. The van der Waals surface area contributed by atoms with Crippen molar-refractivity contribution in [1.29, 1.82) is 0 Å². The molecule has 1 aliphatic heterocycles. The molecule has 8 heteroatoms. The lowest BCUT2D eigenvalue weighted by atomic mass is 10.0. The highest BCUT2D eigenvalue weighted by molar-refractivity contribution is 5.92. The number of morpholine rings is 1. The number of hydrogen-bond acceptors (Lipinski definition) is 5. The molecule has 0 saturated carbocycles. The number of aromatic nitrogens is 2. The molecule has 0 radical (unpaired) electrons. The topological polar surface area (TPSA) is 84.4 Å². The number of carbonyl (C=O) groups excluding carboxylic acids is 2. The Morgan fingerprint density at radius 2 is 1.94 bits per heavy atom. The van der Waals surface area contributed by atoms with Gasteiger partial charge in [-0.05, 0) is 48.4 Å². The van der Waals surface area contributed by atoms with Gasteiger partial charge in [0.1, 0.15) is 17.6 Å². The lowest BCUT2D eigenvalue weighted by molar-refractivity contribution is -0.138. The van der Waals surface area contributed by atoms with Crippen LogP contribution in [-0.4, -0.2) is 53.4 Å². The number of rotatable bonds is 5. The molecule has 170 valence electrons. The van der Waals surface area contributed by atoms with Crippen molar-refractivity contribution in [2.24, 2.45) is 0 Å². The second-order valence-corrected chi connectivity index (χ2v) is 7.94. The Labute approximate surface area is 191 Å². The summed E-state index contributed by atoms with van der Waals surface area (Å²) in [7, 11) is 1.56. The van der Waals surface area contributed by atoms with E-state index in [1.807, 2.05) is 25.1 Å². The molecule has 3 heterocycles. The summed E-state index contributed by atoms with van der Waals surface area (Å²) in [6.07, 6.45) is 1.51. The molecule has 0 bridgehead atoms. The van der Waals surface area contributed by atoms with Crippen molar-refractivity contribution >= 4 is 11.8 Å². The number of aryl methyl sites for hydroxylation is 1. The van der Waals surface area contributed by atoms with Crippen molar-refractivity contribution in [2.75, 3.05) is 26.7 Å². The number of amides is 2. The van der Waals surface area contributed by atoms with Crippen LogP contribution in [0.3, 0.4) is 0 Å². The number of nitrogens with zero attached hydrogens (tertiary/aromatic N) is 3. The van der Waals surface area contributed by atoms with Crippen LogP contribution in [0.2, 0.25) is 0 Å². The van der Waals surface area contributed by atoms with Crippen LogP contribution in [0, 0.1) is 12.7 Å². The Hall–Kier alpha value is -3.65. The zero-order valence-corrected chi connectivity index (χ0v) is 18.5. The van der Waals surface area contributed by atoms with Gasteiger partial charge in [-0.3, -0.25) is 19.6 Å². The van der Waals surface area contributed by atoms with Gasteiger partial charge in [-0.1, -0.05) is 18.2 Å². The average molecular weight is 448 g/mol. The van der Waals surface area contributed by atoms with Crippen molar-refractivity contribution in [1.82, 2.24) is 20.2 Å². The molecular formula is C25H25FN4O3. The normalized spacial score (nSPS) is 15.8. The Morgan fingerprint density at radius 1 is 1.15 bits per heavy atom. The molecule has 2 amide bonds. The SMILES string of the molecule is CNC(=O)c1ccc(-c2cc(C)nc([C@H]3CN(C(=O)Cc4ccc(F)cc4)CCO3)c2)cn1. The smallest absolute Gasteiger partial charge is 0.269 e. The van der Waals surface area contributed by atoms with E-state index in [0.29, 0.717) is 25.4 Å². The van der Waals surface area contributed by atoms with Gasteiger partial charge in [0, 0.05) is 31.0 Å². The fourth-order valence-corrected chi connectivity index (χ4v) is 3.80. The van der Waals surface area contributed by atoms with E-state index in [0.717, 1.165) is 28.1 Å². The van der Waals surface area contributed by atoms with Crippen LogP contribution < -0.4 is 5.32 Å². The van der Waals surface area contributed by atoms with E-state index < -0.39 is 0 Å². The maximum absolute atomic E-state index is 13.1. The van der Waals surface area contributed by atoms with E-state index in [1.165, 1.54) is 12.1 Å². The monoisotopic (exact) mass is 448 g/mol. The van der Waals surface area contributed by atoms with Crippen LogP contribution in [0.5, 0.6) is 0 Å². The van der Waals surface area contributed by atoms with Crippen LogP contribution in [0.1, 0.15) is 33.5 Å². The van der Waals surface area contributed by atoms with Crippen LogP contribution in [0.25, 0.3) is 11.1 Å². The Bertz CT molecular complexity index is 1150. The predicted molar refractivity (Wildman–Crippen MR) is 121 cm³/mol. The number of ether oxygens (including phenoxy) is 1. The first-order valence-electron chi connectivity index (χ1n) is 10.7. The third-order valence-electron chi connectivity index (χ3n) is 5.55. The standard InChI is InChI=1S/C25H25FN4O3/c1-16-11-19(18-5-8-21(28-14-18)25(32)27-2)13-22(29-16)23-15-30(9-10-33-23)24(31)12-17-3-6-20(26)7-4-17/h3-8,11,13-14,23H,9-10,12,15H2,1-2H3,(H,27,32)/t23-/m1/s1. The predicted octanol–water partition coefficient (Wildman–Crippen LogP) is 3.09.